The Morgan fingerprint density at radius 3 is 1.58 bits per heavy atom. The predicted octanol–water partition coefficient (Wildman–Crippen LogP) is 1.31. The van der Waals surface area contributed by atoms with E-state index in [0.717, 1.165) is 12.2 Å². The summed E-state index contributed by atoms with van der Waals surface area (Å²) < 4.78 is 9.81. The van der Waals surface area contributed by atoms with Gasteiger partial charge < -0.3 is 14.6 Å². The van der Waals surface area contributed by atoms with Gasteiger partial charge in [-0.05, 0) is 20.8 Å². The highest BCUT2D eigenvalue weighted by molar-refractivity contribution is 5.84. The zero-order valence-electron chi connectivity index (χ0n) is 11.2. The van der Waals surface area contributed by atoms with Crippen LogP contribution in [0.1, 0.15) is 20.8 Å². The molecule has 1 N–H and O–H groups in total. The smallest absolute Gasteiger partial charge is 0.330 e. The van der Waals surface area contributed by atoms with Crippen LogP contribution in [-0.4, -0.2) is 35.2 Å². The molecule has 0 saturated carbocycles. The highest BCUT2D eigenvalue weighted by atomic mass is 16.6. The Balaban J connectivity index is 5.17. The van der Waals surface area contributed by atoms with Gasteiger partial charge in [-0.2, -0.15) is 0 Å². The molecule has 2 atom stereocenters. The van der Waals surface area contributed by atoms with Crippen LogP contribution >= 0.6 is 0 Å². The second-order valence-corrected chi connectivity index (χ2v) is 4.15. The number of esters is 2. The molecule has 0 rings (SSSR count). The molecule has 2 unspecified atom stereocenters. The van der Waals surface area contributed by atoms with Crippen molar-refractivity contribution < 1.29 is 29.0 Å². The Bertz CT molecular complexity index is 370. The van der Waals surface area contributed by atoms with E-state index in [2.05, 4.69) is 13.2 Å². The topological polar surface area (TPSA) is 89.9 Å². The lowest BCUT2D eigenvalue weighted by Crippen LogP contribution is -2.49. The van der Waals surface area contributed by atoms with Gasteiger partial charge >= 0.3 is 17.9 Å². The zero-order chi connectivity index (χ0) is 15.2. The molecule has 0 bridgehead atoms. The average molecular weight is 270 g/mol. The number of carboxylic acid groups (broad SMARTS) is 1. The lowest BCUT2D eigenvalue weighted by Gasteiger charge is -2.35. The summed E-state index contributed by atoms with van der Waals surface area (Å²) in [7, 11) is 0. The van der Waals surface area contributed by atoms with Gasteiger partial charge in [0.2, 0.25) is 0 Å². The van der Waals surface area contributed by atoms with Gasteiger partial charge in [0.15, 0.2) is 0 Å². The minimum Gasteiger partial charge on any atom is -0.481 e. The maximum Gasteiger partial charge on any atom is 0.330 e. The maximum absolute atomic E-state index is 11.4. The van der Waals surface area contributed by atoms with E-state index in [1.165, 1.54) is 20.8 Å². The maximum atomic E-state index is 11.4. The lowest BCUT2D eigenvalue weighted by molar-refractivity contribution is -0.179. The minimum absolute atomic E-state index is 0.748. The number of hydrogen-bond acceptors (Lipinski definition) is 5. The lowest BCUT2D eigenvalue weighted by atomic mass is 9.80. The van der Waals surface area contributed by atoms with E-state index in [-0.39, 0.29) is 0 Å². The van der Waals surface area contributed by atoms with Crippen molar-refractivity contribution in [3.8, 4) is 0 Å². The highest BCUT2D eigenvalue weighted by Gasteiger charge is 2.48. The van der Waals surface area contributed by atoms with E-state index in [0.29, 0.717) is 0 Å². The average Bonchev–Trinajstić information content (AvgIpc) is 2.36. The Kier molecular flexibility index (Phi) is 5.98. The Labute approximate surface area is 111 Å². The molecular weight excluding hydrogens is 252 g/mol. The van der Waals surface area contributed by atoms with Gasteiger partial charge in [-0.25, -0.2) is 9.59 Å². The van der Waals surface area contributed by atoms with Crippen molar-refractivity contribution in [2.45, 2.75) is 33.0 Å². The van der Waals surface area contributed by atoms with Crippen LogP contribution in [0.3, 0.4) is 0 Å². The SMILES string of the molecule is C=CC(=O)OC(C)C(C)(C(=O)O)C(C)OC(=O)C=C. The number of carbonyl (C=O) groups excluding carboxylic acids is 2. The first-order valence-electron chi connectivity index (χ1n) is 5.59. The highest BCUT2D eigenvalue weighted by Crippen LogP contribution is 2.31. The molecular formula is C13H18O6. The summed E-state index contributed by atoms with van der Waals surface area (Å²) in [5.74, 6) is -2.74. The molecule has 0 amide bonds. The first-order valence-corrected chi connectivity index (χ1v) is 5.59. The van der Waals surface area contributed by atoms with E-state index in [9.17, 15) is 19.5 Å². The molecule has 19 heavy (non-hydrogen) atoms. The summed E-state index contributed by atoms with van der Waals surface area (Å²) in [6, 6.07) is 0. The van der Waals surface area contributed by atoms with Crippen LogP contribution < -0.4 is 0 Å². The first kappa shape index (κ1) is 16.9. The molecule has 0 spiro atoms. The third-order valence-electron chi connectivity index (χ3n) is 3.07. The van der Waals surface area contributed by atoms with Crippen LogP contribution in [0.25, 0.3) is 0 Å². The van der Waals surface area contributed by atoms with Gasteiger partial charge in [0, 0.05) is 12.2 Å². The molecule has 0 heterocycles. The number of hydrogen-bond donors (Lipinski definition) is 1. The molecule has 0 aliphatic rings. The third kappa shape index (κ3) is 3.94. The quantitative estimate of drug-likeness (QED) is 0.554. The Morgan fingerprint density at radius 1 is 1.05 bits per heavy atom. The normalized spacial score (nSPS) is 16.4. The van der Waals surface area contributed by atoms with Crippen molar-refractivity contribution in [1.82, 2.24) is 0 Å². The number of carboxylic acids is 1. The summed E-state index contributed by atoms with van der Waals surface area (Å²) in [6.07, 6.45) is -0.163. The van der Waals surface area contributed by atoms with Crippen molar-refractivity contribution in [3.63, 3.8) is 0 Å². The Morgan fingerprint density at radius 2 is 1.37 bits per heavy atom. The van der Waals surface area contributed by atoms with E-state index in [4.69, 9.17) is 9.47 Å². The standard InChI is InChI=1S/C13H18O6/c1-6-10(14)18-8(3)13(5,12(16)17)9(4)19-11(15)7-2/h6-9H,1-2H2,3-5H3,(H,16,17). The van der Waals surface area contributed by atoms with E-state index in [1.54, 1.807) is 0 Å². The second-order valence-electron chi connectivity index (χ2n) is 4.15. The molecule has 0 radical (unpaired) electrons. The summed E-state index contributed by atoms with van der Waals surface area (Å²) in [4.78, 5) is 33.7. The molecule has 6 heteroatoms. The largest absolute Gasteiger partial charge is 0.481 e. The molecule has 106 valence electrons. The van der Waals surface area contributed by atoms with Crippen molar-refractivity contribution in [3.05, 3.63) is 25.3 Å². The number of aliphatic carboxylic acids is 1. The van der Waals surface area contributed by atoms with E-state index in [1.807, 2.05) is 0 Å². The third-order valence-corrected chi connectivity index (χ3v) is 3.07. The molecule has 6 nitrogen and oxygen atoms in total. The van der Waals surface area contributed by atoms with Crippen LogP contribution in [0, 0.1) is 5.41 Å². The van der Waals surface area contributed by atoms with Crippen LogP contribution in [0.4, 0.5) is 0 Å². The molecule has 0 aliphatic heterocycles. The van der Waals surface area contributed by atoms with Crippen molar-refractivity contribution >= 4 is 17.9 Å². The first-order chi connectivity index (χ1) is 8.69. The number of carbonyl (C=O) groups is 3. The Hall–Kier alpha value is -2.11. The fraction of sp³-hybridized carbons (Fsp3) is 0.462. The van der Waals surface area contributed by atoms with Crippen LogP contribution in [-0.2, 0) is 23.9 Å². The summed E-state index contributed by atoms with van der Waals surface area (Å²) in [5.41, 5.74) is -1.59. The van der Waals surface area contributed by atoms with Gasteiger partial charge in [-0.3, -0.25) is 4.79 Å². The zero-order valence-corrected chi connectivity index (χ0v) is 11.2. The summed E-state index contributed by atoms with van der Waals surface area (Å²) in [5, 5.41) is 9.31. The van der Waals surface area contributed by atoms with Gasteiger partial charge in [0.1, 0.15) is 17.6 Å². The van der Waals surface area contributed by atoms with Crippen LogP contribution in [0.5, 0.6) is 0 Å². The van der Waals surface area contributed by atoms with Gasteiger partial charge in [-0.15, -0.1) is 0 Å². The molecule has 0 aromatic carbocycles. The fourth-order valence-electron chi connectivity index (χ4n) is 1.37. The van der Waals surface area contributed by atoms with Gasteiger partial charge in [-0.1, -0.05) is 13.2 Å². The summed E-state index contributed by atoms with van der Waals surface area (Å²) >= 11 is 0. The van der Waals surface area contributed by atoms with E-state index < -0.39 is 35.5 Å². The number of rotatable bonds is 7. The van der Waals surface area contributed by atoms with Gasteiger partial charge in [0.25, 0.3) is 0 Å². The van der Waals surface area contributed by atoms with E-state index >= 15 is 0 Å². The van der Waals surface area contributed by atoms with Crippen molar-refractivity contribution in [2.24, 2.45) is 5.41 Å². The van der Waals surface area contributed by atoms with Crippen molar-refractivity contribution in [2.75, 3.05) is 0 Å². The second kappa shape index (κ2) is 6.72. The predicted molar refractivity (Wildman–Crippen MR) is 67.2 cm³/mol. The van der Waals surface area contributed by atoms with Crippen LogP contribution in [0.15, 0.2) is 25.3 Å². The van der Waals surface area contributed by atoms with Crippen molar-refractivity contribution in [1.29, 1.82) is 0 Å². The van der Waals surface area contributed by atoms with Gasteiger partial charge in [0.05, 0.1) is 0 Å². The van der Waals surface area contributed by atoms with Crippen LogP contribution in [0.2, 0.25) is 0 Å². The monoisotopic (exact) mass is 270 g/mol. The molecule has 0 aromatic rings. The molecule has 0 aliphatic carbocycles. The fourth-order valence-corrected chi connectivity index (χ4v) is 1.37. The summed E-state index contributed by atoms with van der Waals surface area (Å²) in [6.45, 7) is 10.6. The molecule has 0 aromatic heterocycles. The molecule has 0 fully saturated rings. The number of ether oxygens (including phenoxy) is 2. The minimum atomic E-state index is -1.59. The molecule has 0 saturated heterocycles.